The van der Waals surface area contributed by atoms with Crippen molar-refractivity contribution in [3.05, 3.63) is 95.2 Å². The van der Waals surface area contributed by atoms with Crippen LogP contribution in [0.4, 0.5) is 4.79 Å². The van der Waals surface area contributed by atoms with E-state index in [9.17, 15) is 14.7 Å². The number of carbonyl (C=O) groups is 1. The average Bonchev–Trinajstić information content (AvgIpc) is 3.28. The van der Waals surface area contributed by atoms with Gasteiger partial charge in [0.1, 0.15) is 0 Å². The van der Waals surface area contributed by atoms with E-state index < -0.39 is 6.09 Å². The summed E-state index contributed by atoms with van der Waals surface area (Å²) in [5.41, 5.74) is 2.54. The standard InChI is InChI=1S/C24H18N4O3/c29-23-22-17(6-3-7-19(22)21-9-4-13-27(21)24(30)31)15-25-28(23)14-12-18-11-10-16-5-1-2-8-20(16)26-18/h1-11,13,15H,12,14H2,(H,30,31). The zero-order valence-corrected chi connectivity index (χ0v) is 16.5. The van der Waals surface area contributed by atoms with E-state index >= 15 is 0 Å². The maximum absolute atomic E-state index is 13.3. The van der Waals surface area contributed by atoms with Crippen molar-refractivity contribution in [2.75, 3.05) is 0 Å². The van der Waals surface area contributed by atoms with Gasteiger partial charge in [0.05, 0.1) is 29.3 Å². The largest absolute Gasteiger partial charge is 0.464 e. The molecule has 2 aromatic carbocycles. The third-order valence-corrected chi connectivity index (χ3v) is 5.35. The van der Waals surface area contributed by atoms with Gasteiger partial charge in [-0.15, -0.1) is 0 Å². The zero-order chi connectivity index (χ0) is 21.4. The minimum absolute atomic E-state index is 0.257. The molecule has 0 saturated carbocycles. The summed E-state index contributed by atoms with van der Waals surface area (Å²) in [5.74, 6) is 0. The van der Waals surface area contributed by atoms with Crippen molar-refractivity contribution in [3.63, 3.8) is 0 Å². The second kappa shape index (κ2) is 7.53. The highest BCUT2D eigenvalue weighted by atomic mass is 16.4. The van der Waals surface area contributed by atoms with Crippen LogP contribution in [-0.4, -0.2) is 30.5 Å². The van der Waals surface area contributed by atoms with Crippen LogP contribution >= 0.6 is 0 Å². The third-order valence-electron chi connectivity index (χ3n) is 5.35. The molecule has 0 aliphatic carbocycles. The molecule has 0 spiro atoms. The highest BCUT2D eigenvalue weighted by Crippen LogP contribution is 2.26. The maximum atomic E-state index is 13.3. The number of aryl methyl sites for hydroxylation is 2. The molecular formula is C24H18N4O3. The van der Waals surface area contributed by atoms with E-state index in [0.29, 0.717) is 35.0 Å². The molecular weight excluding hydrogens is 392 g/mol. The normalized spacial score (nSPS) is 11.2. The van der Waals surface area contributed by atoms with Crippen molar-refractivity contribution in [1.29, 1.82) is 0 Å². The molecule has 31 heavy (non-hydrogen) atoms. The predicted molar refractivity (Wildman–Crippen MR) is 118 cm³/mol. The minimum Gasteiger partial charge on any atom is -0.464 e. The van der Waals surface area contributed by atoms with Gasteiger partial charge in [-0.05, 0) is 24.3 Å². The van der Waals surface area contributed by atoms with E-state index in [1.54, 1.807) is 36.5 Å². The summed E-state index contributed by atoms with van der Waals surface area (Å²) in [6.07, 6.45) is 2.55. The van der Waals surface area contributed by atoms with E-state index in [-0.39, 0.29) is 5.56 Å². The molecule has 7 heteroatoms. The highest BCUT2D eigenvalue weighted by molar-refractivity contribution is 5.96. The molecule has 1 N–H and O–H groups in total. The van der Waals surface area contributed by atoms with Crippen LogP contribution < -0.4 is 5.56 Å². The predicted octanol–water partition coefficient (Wildman–Crippen LogP) is 4.18. The van der Waals surface area contributed by atoms with Crippen molar-refractivity contribution in [1.82, 2.24) is 19.3 Å². The van der Waals surface area contributed by atoms with Crippen LogP contribution in [0.15, 0.2) is 83.9 Å². The summed E-state index contributed by atoms with van der Waals surface area (Å²) < 4.78 is 2.52. The first-order chi connectivity index (χ1) is 15.1. The second-order valence-corrected chi connectivity index (χ2v) is 7.23. The molecule has 0 atom stereocenters. The van der Waals surface area contributed by atoms with Crippen molar-refractivity contribution >= 4 is 27.8 Å². The number of benzene rings is 2. The topological polar surface area (TPSA) is 90.0 Å². The van der Waals surface area contributed by atoms with Crippen molar-refractivity contribution in [2.24, 2.45) is 0 Å². The lowest BCUT2D eigenvalue weighted by atomic mass is 10.0. The van der Waals surface area contributed by atoms with E-state index in [1.807, 2.05) is 36.4 Å². The molecule has 0 aliphatic rings. The van der Waals surface area contributed by atoms with E-state index in [2.05, 4.69) is 10.1 Å². The zero-order valence-electron chi connectivity index (χ0n) is 16.5. The monoisotopic (exact) mass is 410 g/mol. The van der Waals surface area contributed by atoms with Gasteiger partial charge in [0.2, 0.25) is 0 Å². The lowest BCUT2D eigenvalue weighted by Crippen LogP contribution is -2.24. The van der Waals surface area contributed by atoms with Gasteiger partial charge in [-0.1, -0.05) is 42.5 Å². The van der Waals surface area contributed by atoms with Gasteiger partial charge in [-0.3, -0.25) is 14.3 Å². The van der Waals surface area contributed by atoms with E-state index in [1.165, 1.54) is 10.9 Å². The van der Waals surface area contributed by atoms with Gasteiger partial charge in [0.15, 0.2) is 0 Å². The van der Waals surface area contributed by atoms with Gasteiger partial charge in [0, 0.05) is 34.6 Å². The molecule has 7 nitrogen and oxygen atoms in total. The van der Waals surface area contributed by atoms with Gasteiger partial charge in [-0.25, -0.2) is 9.48 Å². The molecule has 0 unspecified atom stereocenters. The Bertz CT molecular complexity index is 1500. The molecule has 0 aliphatic heterocycles. The molecule has 0 saturated heterocycles. The molecule has 3 heterocycles. The molecule has 5 rings (SSSR count). The molecule has 0 radical (unpaired) electrons. The Kier molecular flexibility index (Phi) is 4.55. The number of nitrogens with zero attached hydrogens (tertiary/aromatic N) is 4. The Hall–Kier alpha value is -4.26. The van der Waals surface area contributed by atoms with Gasteiger partial charge in [-0.2, -0.15) is 5.10 Å². The number of para-hydroxylation sites is 1. The first kappa shape index (κ1) is 18.7. The van der Waals surface area contributed by atoms with Gasteiger partial charge < -0.3 is 5.11 Å². The van der Waals surface area contributed by atoms with E-state index in [0.717, 1.165) is 21.2 Å². The second-order valence-electron chi connectivity index (χ2n) is 7.23. The summed E-state index contributed by atoms with van der Waals surface area (Å²) in [6, 6.07) is 20.6. The summed E-state index contributed by atoms with van der Waals surface area (Å²) >= 11 is 0. The van der Waals surface area contributed by atoms with E-state index in [4.69, 9.17) is 0 Å². The fourth-order valence-electron chi connectivity index (χ4n) is 3.84. The number of hydrogen-bond acceptors (Lipinski definition) is 4. The average molecular weight is 410 g/mol. The minimum atomic E-state index is -1.10. The van der Waals surface area contributed by atoms with Crippen molar-refractivity contribution in [3.8, 4) is 11.3 Å². The number of hydrogen-bond donors (Lipinski definition) is 1. The van der Waals surface area contributed by atoms with Crippen LogP contribution in [0.5, 0.6) is 0 Å². The lowest BCUT2D eigenvalue weighted by molar-refractivity contribution is 0.197. The fraction of sp³-hybridized carbons (Fsp3) is 0.0833. The van der Waals surface area contributed by atoms with Crippen LogP contribution in [0.3, 0.4) is 0 Å². The smallest absolute Gasteiger partial charge is 0.415 e. The van der Waals surface area contributed by atoms with Crippen LogP contribution in [-0.2, 0) is 13.0 Å². The van der Waals surface area contributed by atoms with Gasteiger partial charge >= 0.3 is 6.09 Å². The quantitative estimate of drug-likeness (QED) is 0.480. The van der Waals surface area contributed by atoms with Crippen LogP contribution in [0.25, 0.3) is 32.9 Å². The Balaban J connectivity index is 1.54. The van der Waals surface area contributed by atoms with Crippen LogP contribution in [0.1, 0.15) is 5.69 Å². The number of rotatable bonds is 4. The van der Waals surface area contributed by atoms with Crippen molar-refractivity contribution < 1.29 is 9.90 Å². The van der Waals surface area contributed by atoms with Crippen molar-refractivity contribution in [2.45, 2.75) is 13.0 Å². The highest BCUT2D eigenvalue weighted by Gasteiger charge is 2.15. The maximum Gasteiger partial charge on any atom is 0.415 e. The number of carboxylic acid groups (broad SMARTS) is 1. The molecule has 0 fully saturated rings. The van der Waals surface area contributed by atoms with Crippen LogP contribution in [0.2, 0.25) is 0 Å². The summed E-state index contributed by atoms with van der Waals surface area (Å²) in [6.45, 7) is 0.369. The molecule has 5 aromatic rings. The first-order valence-corrected chi connectivity index (χ1v) is 9.86. The Morgan fingerprint density at radius 3 is 2.65 bits per heavy atom. The Morgan fingerprint density at radius 2 is 1.77 bits per heavy atom. The third kappa shape index (κ3) is 3.36. The van der Waals surface area contributed by atoms with Crippen LogP contribution in [0, 0.1) is 0 Å². The Morgan fingerprint density at radius 1 is 0.935 bits per heavy atom. The fourth-order valence-corrected chi connectivity index (χ4v) is 3.84. The number of aromatic nitrogens is 4. The number of fused-ring (bicyclic) bond motifs is 2. The summed E-state index contributed by atoms with van der Waals surface area (Å²) in [5, 5.41) is 16.0. The number of pyridine rings is 1. The lowest BCUT2D eigenvalue weighted by Gasteiger charge is -2.10. The first-order valence-electron chi connectivity index (χ1n) is 9.86. The summed E-state index contributed by atoms with van der Waals surface area (Å²) in [7, 11) is 0. The SMILES string of the molecule is O=C(O)n1cccc1-c1cccc2cnn(CCc3ccc4ccccc4n3)c(=O)c12. The summed E-state index contributed by atoms with van der Waals surface area (Å²) in [4.78, 5) is 29.5. The molecule has 0 amide bonds. The molecule has 152 valence electrons. The molecule has 3 aromatic heterocycles. The molecule has 0 bridgehead atoms. The Labute approximate surface area is 176 Å². The van der Waals surface area contributed by atoms with Gasteiger partial charge in [0.25, 0.3) is 5.56 Å².